The first-order chi connectivity index (χ1) is 13.9. The molecular formula is C19H19N5O4S. The second-order valence-corrected chi connectivity index (χ2v) is 7.01. The van der Waals surface area contributed by atoms with E-state index in [4.69, 9.17) is 0 Å². The Hall–Kier alpha value is -3.40. The Kier molecular flexibility index (Phi) is 6.13. The third-order valence-electron chi connectivity index (χ3n) is 4.01. The highest BCUT2D eigenvalue weighted by Crippen LogP contribution is 2.32. The first kappa shape index (κ1) is 20.3. The van der Waals surface area contributed by atoms with E-state index in [0.717, 1.165) is 23.4 Å². The van der Waals surface area contributed by atoms with Crippen LogP contribution in [0.15, 0.2) is 46.6 Å². The van der Waals surface area contributed by atoms with Gasteiger partial charge in [0.05, 0.1) is 18.3 Å². The van der Waals surface area contributed by atoms with Gasteiger partial charge in [-0.15, -0.1) is 0 Å². The lowest BCUT2D eigenvalue weighted by atomic mass is 10.2. The lowest BCUT2D eigenvalue weighted by molar-refractivity contribution is -0.135. The van der Waals surface area contributed by atoms with Gasteiger partial charge in [-0.1, -0.05) is 17.7 Å². The molecule has 0 atom stereocenters. The SMILES string of the molecule is CCN1C(=O)C(=CC(=O)OC)SC1=Nc1nc[nH]c1C(=O)Nc1ccc(C)cc1. The fourth-order valence-corrected chi connectivity index (χ4v) is 3.50. The molecule has 0 spiro atoms. The summed E-state index contributed by atoms with van der Waals surface area (Å²) in [5.41, 5.74) is 1.88. The van der Waals surface area contributed by atoms with Crippen LogP contribution < -0.4 is 5.32 Å². The first-order valence-electron chi connectivity index (χ1n) is 8.72. The second-order valence-electron chi connectivity index (χ2n) is 6.00. The van der Waals surface area contributed by atoms with Crippen molar-refractivity contribution in [3.8, 4) is 0 Å². The van der Waals surface area contributed by atoms with Gasteiger partial charge in [-0.05, 0) is 37.7 Å². The van der Waals surface area contributed by atoms with Crippen molar-refractivity contribution >= 4 is 46.2 Å². The quantitative estimate of drug-likeness (QED) is 0.575. The number of nitrogens with zero attached hydrogens (tertiary/aromatic N) is 3. The molecule has 0 unspecified atom stereocenters. The normalized spacial score (nSPS) is 16.5. The highest BCUT2D eigenvalue weighted by molar-refractivity contribution is 8.18. The fraction of sp³-hybridized carbons (Fsp3) is 0.211. The van der Waals surface area contributed by atoms with Gasteiger partial charge >= 0.3 is 5.97 Å². The van der Waals surface area contributed by atoms with Crippen LogP contribution in [0.5, 0.6) is 0 Å². The third-order valence-corrected chi connectivity index (χ3v) is 5.02. The smallest absolute Gasteiger partial charge is 0.331 e. The maximum atomic E-state index is 12.6. The fourth-order valence-electron chi connectivity index (χ4n) is 2.50. The molecule has 0 bridgehead atoms. The van der Waals surface area contributed by atoms with Gasteiger partial charge in [-0.3, -0.25) is 14.5 Å². The van der Waals surface area contributed by atoms with Gasteiger partial charge in [0, 0.05) is 18.3 Å². The molecule has 1 aliphatic rings. The minimum absolute atomic E-state index is 0.141. The molecule has 1 aromatic carbocycles. The van der Waals surface area contributed by atoms with Crippen LogP contribution in [0.25, 0.3) is 0 Å². The summed E-state index contributed by atoms with van der Waals surface area (Å²) in [5, 5.41) is 3.10. The van der Waals surface area contributed by atoms with E-state index < -0.39 is 11.9 Å². The van der Waals surface area contributed by atoms with E-state index in [1.807, 2.05) is 19.1 Å². The van der Waals surface area contributed by atoms with Gasteiger partial charge in [0.15, 0.2) is 16.7 Å². The van der Waals surface area contributed by atoms with Gasteiger partial charge in [0.1, 0.15) is 0 Å². The minimum atomic E-state index is -0.629. The summed E-state index contributed by atoms with van der Waals surface area (Å²) in [4.78, 5) is 49.4. The van der Waals surface area contributed by atoms with E-state index in [0.29, 0.717) is 17.4 Å². The van der Waals surface area contributed by atoms with Gasteiger partial charge in [-0.25, -0.2) is 14.8 Å². The number of aliphatic imine (C=N–C) groups is 1. The maximum absolute atomic E-state index is 12.6. The largest absolute Gasteiger partial charge is 0.466 e. The van der Waals surface area contributed by atoms with Crippen LogP contribution in [0.1, 0.15) is 23.0 Å². The molecule has 10 heteroatoms. The Bertz CT molecular complexity index is 1010. The van der Waals surface area contributed by atoms with E-state index in [9.17, 15) is 14.4 Å². The van der Waals surface area contributed by atoms with Gasteiger partial charge < -0.3 is 15.0 Å². The number of hydrogen-bond acceptors (Lipinski definition) is 7. The zero-order valence-corrected chi connectivity index (χ0v) is 16.9. The third kappa shape index (κ3) is 4.54. The number of likely N-dealkylation sites (N-methyl/N-ethyl adjacent to an activating group) is 1. The number of carbonyl (C=O) groups excluding carboxylic acids is 3. The van der Waals surface area contributed by atoms with Crippen LogP contribution in [-0.4, -0.2) is 51.5 Å². The van der Waals surface area contributed by atoms with E-state index in [1.54, 1.807) is 19.1 Å². The number of esters is 1. The number of imidazole rings is 1. The topological polar surface area (TPSA) is 117 Å². The number of aromatic nitrogens is 2. The molecule has 3 rings (SSSR count). The number of hydrogen-bond donors (Lipinski definition) is 2. The minimum Gasteiger partial charge on any atom is -0.466 e. The molecule has 150 valence electrons. The highest BCUT2D eigenvalue weighted by Gasteiger charge is 2.33. The summed E-state index contributed by atoms with van der Waals surface area (Å²) in [6.45, 7) is 4.08. The summed E-state index contributed by atoms with van der Waals surface area (Å²) in [7, 11) is 1.23. The summed E-state index contributed by atoms with van der Waals surface area (Å²) in [6.07, 6.45) is 2.47. The lowest BCUT2D eigenvalue weighted by Gasteiger charge is -2.11. The van der Waals surface area contributed by atoms with E-state index >= 15 is 0 Å². The molecule has 1 aromatic heterocycles. The van der Waals surface area contributed by atoms with Crippen LogP contribution in [0, 0.1) is 6.92 Å². The number of ether oxygens (including phenoxy) is 1. The molecule has 0 radical (unpaired) electrons. The van der Waals surface area contributed by atoms with E-state index in [2.05, 4.69) is 25.0 Å². The highest BCUT2D eigenvalue weighted by atomic mass is 32.2. The molecule has 0 aliphatic carbocycles. The van der Waals surface area contributed by atoms with Crippen molar-refractivity contribution in [1.82, 2.24) is 14.9 Å². The molecule has 2 aromatic rings. The van der Waals surface area contributed by atoms with Crippen molar-refractivity contribution in [2.75, 3.05) is 19.0 Å². The van der Waals surface area contributed by atoms with E-state index in [-0.39, 0.29) is 22.3 Å². The average Bonchev–Trinajstić information content (AvgIpc) is 3.28. The lowest BCUT2D eigenvalue weighted by Crippen LogP contribution is -2.28. The van der Waals surface area contributed by atoms with Crippen molar-refractivity contribution < 1.29 is 19.1 Å². The zero-order valence-electron chi connectivity index (χ0n) is 16.1. The van der Waals surface area contributed by atoms with Crippen molar-refractivity contribution in [3.05, 3.63) is 52.8 Å². The molecule has 1 aliphatic heterocycles. The Morgan fingerprint density at radius 3 is 2.72 bits per heavy atom. The number of methoxy groups -OCH3 is 1. The number of benzene rings is 1. The number of aromatic amines is 1. The average molecular weight is 413 g/mol. The molecular weight excluding hydrogens is 394 g/mol. The number of carbonyl (C=O) groups is 3. The molecule has 1 saturated heterocycles. The predicted octanol–water partition coefficient (Wildman–Crippen LogP) is 2.61. The number of amidine groups is 1. The Morgan fingerprint density at radius 1 is 1.34 bits per heavy atom. The Morgan fingerprint density at radius 2 is 2.07 bits per heavy atom. The van der Waals surface area contributed by atoms with Gasteiger partial charge in [-0.2, -0.15) is 0 Å². The van der Waals surface area contributed by atoms with Crippen molar-refractivity contribution in [1.29, 1.82) is 0 Å². The van der Waals surface area contributed by atoms with Gasteiger partial charge in [0.2, 0.25) is 0 Å². The van der Waals surface area contributed by atoms with Crippen LogP contribution in [-0.2, 0) is 14.3 Å². The number of anilines is 1. The maximum Gasteiger partial charge on any atom is 0.331 e. The molecule has 2 heterocycles. The summed E-state index contributed by atoms with van der Waals surface area (Å²) >= 11 is 1.02. The number of rotatable bonds is 5. The van der Waals surface area contributed by atoms with Gasteiger partial charge in [0.25, 0.3) is 11.8 Å². The molecule has 2 amide bonds. The number of nitrogens with one attached hydrogen (secondary N) is 2. The summed E-state index contributed by atoms with van der Waals surface area (Å²) < 4.78 is 4.58. The standard InChI is InChI=1S/C19H19N5O4S/c1-4-24-18(27)13(9-14(25)28-3)29-19(24)23-16-15(20-10-21-16)17(26)22-12-7-5-11(2)6-8-12/h5-10H,4H2,1-3H3,(H,20,21)(H,22,26). The second kappa shape index (κ2) is 8.74. The zero-order chi connectivity index (χ0) is 21.0. The van der Waals surface area contributed by atoms with Crippen LogP contribution in [0.3, 0.4) is 0 Å². The van der Waals surface area contributed by atoms with Crippen LogP contribution in [0.4, 0.5) is 11.5 Å². The first-order valence-corrected chi connectivity index (χ1v) is 9.54. The molecule has 0 saturated carbocycles. The Labute approximate surface area is 171 Å². The number of H-pyrrole nitrogens is 1. The number of aryl methyl sites for hydroxylation is 1. The monoisotopic (exact) mass is 413 g/mol. The molecule has 29 heavy (non-hydrogen) atoms. The summed E-state index contributed by atoms with van der Waals surface area (Å²) in [6, 6.07) is 7.37. The van der Waals surface area contributed by atoms with E-state index in [1.165, 1.54) is 18.3 Å². The molecule has 9 nitrogen and oxygen atoms in total. The summed E-state index contributed by atoms with van der Waals surface area (Å²) in [5.74, 6) is -1.25. The van der Waals surface area contributed by atoms with Crippen LogP contribution in [0.2, 0.25) is 0 Å². The number of thioether (sulfide) groups is 1. The molecule has 1 fully saturated rings. The van der Waals surface area contributed by atoms with Crippen molar-refractivity contribution in [2.24, 2.45) is 4.99 Å². The van der Waals surface area contributed by atoms with Crippen molar-refractivity contribution in [3.63, 3.8) is 0 Å². The predicted molar refractivity (Wildman–Crippen MR) is 110 cm³/mol. The van der Waals surface area contributed by atoms with Crippen molar-refractivity contribution in [2.45, 2.75) is 13.8 Å². The van der Waals surface area contributed by atoms with Crippen LogP contribution >= 0.6 is 11.8 Å². The Balaban J connectivity index is 1.85. The molecule has 2 N–H and O–H groups in total. The number of amides is 2.